The third-order valence-corrected chi connectivity index (χ3v) is 5.53. The zero-order valence-corrected chi connectivity index (χ0v) is 15.4. The molecule has 1 aromatic carbocycles. The lowest BCUT2D eigenvalue weighted by molar-refractivity contribution is -0.116. The predicted octanol–water partition coefficient (Wildman–Crippen LogP) is 1.98. The number of carbonyl (C=O) groups excluding carboxylic acids is 1. The van der Waals surface area contributed by atoms with E-state index >= 15 is 0 Å². The van der Waals surface area contributed by atoms with Gasteiger partial charge in [-0.15, -0.1) is 0 Å². The standard InChI is InChI=1S/C17H27N3O4S/c1-24-16-10-9-14(25(22,23)20-13-7-8-13)12-15(16)19-17(21)6-4-2-3-5-11-18/h9-10,12-13,20H,2-8,11,18H2,1H3,(H,19,21). The van der Waals surface area contributed by atoms with Crippen LogP contribution < -0.4 is 20.5 Å². The number of benzene rings is 1. The van der Waals surface area contributed by atoms with Gasteiger partial charge in [-0.3, -0.25) is 4.79 Å². The summed E-state index contributed by atoms with van der Waals surface area (Å²) in [7, 11) is -2.10. The number of rotatable bonds is 11. The second kappa shape index (κ2) is 9.17. The number of nitrogens with two attached hydrogens (primary N) is 1. The van der Waals surface area contributed by atoms with Crippen LogP contribution in [0.25, 0.3) is 0 Å². The summed E-state index contributed by atoms with van der Waals surface area (Å²) < 4.78 is 32.5. The number of unbranched alkanes of at least 4 members (excludes halogenated alkanes) is 3. The van der Waals surface area contributed by atoms with Gasteiger partial charge >= 0.3 is 0 Å². The smallest absolute Gasteiger partial charge is 0.240 e. The van der Waals surface area contributed by atoms with Gasteiger partial charge in [0.15, 0.2) is 0 Å². The monoisotopic (exact) mass is 369 g/mol. The first-order chi connectivity index (χ1) is 12.0. The summed E-state index contributed by atoms with van der Waals surface area (Å²) in [5.41, 5.74) is 5.81. The number of sulfonamides is 1. The van der Waals surface area contributed by atoms with E-state index in [2.05, 4.69) is 10.0 Å². The van der Waals surface area contributed by atoms with Crippen molar-refractivity contribution in [1.82, 2.24) is 4.72 Å². The van der Waals surface area contributed by atoms with Crippen LogP contribution in [-0.2, 0) is 14.8 Å². The minimum atomic E-state index is -3.58. The van der Waals surface area contributed by atoms with Gasteiger partial charge in [0.1, 0.15) is 5.75 Å². The number of hydrogen-bond donors (Lipinski definition) is 3. The highest BCUT2D eigenvalue weighted by Crippen LogP contribution is 2.29. The molecular formula is C17H27N3O4S. The molecule has 1 aliphatic rings. The molecule has 25 heavy (non-hydrogen) atoms. The zero-order chi connectivity index (χ0) is 18.3. The molecule has 7 nitrogen and oxygen atoms in total. The van der Waals surface area contributed by atoms with Gasteiger partial charge in [0.05, 0.1) is 17.7 Å². The highest BCUT2D eigenvalue weighted by molar-refractivity contribution is 7.89. The lowest BCUT2D eigenvalue weighted by atomic mass is 10.1. The van der Waals surface area contributed by atoms with Crippen molar-refractivity contribution in [2.45, 2.75) is 55.9 Å². The topological polar surface area (TPSA) is 111 Å². The van der Waals surface area contributed by atoms with Crippen LogP contribution in [0.15, 0.2) is 23.1 Å². The summed E-state index contributed by atoms with van der Waals surface area (Å²) >= 11 is 0. The first-order valence-electron chi connectivity index (χ1n) is 8.66. The molecule has 8 heteroatoms. The Morgan fingerprint density at radius 1 is 1.24 bits per heavy atom. The highest BCUT2D eigenvalue weighted by atomic mass is 32.2. The van der Waals surface area contributed by atoms with E-state index in [4.69, 9.17) is 10.5 Å². The molecule has 140 valence electrons. The van der Waals surface area contributed by atoms with Crippen LogP contribution in [0.5, 0.6) is 5.75 Å². The molecular weight excluding hydrogens is 342 g/mol. The fourth-order valence-corrected chi connectivity index (χ4v) is 3.77. The molecule has 0 aromatic heterocycles. The Labute approximate surface area is 149 Å². The quantitative estimate of drug-likeness (QED) is 0.517. The Kier molecular flexibility index (Phi) is 7.22. The average Bonchev–Trinajstić information content (AvgIpc) is 3.38. The zero-order valence-electron chi connectivity index (χ0n) is 14.6. The van der Waals surface area contributed by atoms with Crippen molar-refractivity contribution in [3.63, 3.8) is 0 Å². The Hall–Kier alpha value is -1.64. The van der Waals surface area contributed by atoms with Crippen LogP contribution in [0, 0.1) is 0 Å². The van der Waals surface area contributed by atoms with Crippen LogP contribution >= 0.6 is 0 Å². The van der Waals surface area contributed by atoms with E-state index in [0.717, 1.165) is 38.5 Å². The Bertz CT molecular complexity index is 687. The van der Waals surface area contributed by atoms with Crippen molar-refractivity contribution in [2.24, 2.45) is 5.73 Å². The molecule has 2 rings (SSSR count). The van der Waals surface area contributed by atoms with E-state index in [9.17, 15) is 13.2 Å². The molecule has 1 fully saturated rings. The number of hydrogen-bond acceptors (Lipinski definition) is 5. The van der Waals surface area contributed by atoms with Crippen LogP contribution in [-0.4, -0.2) is 34.0 Å². The van der Waals surface area contributed by atoms with Crippen molar-refractivity contribution in [1.29, 1.82) is 0 Å². The first-order valence-corrected chi connectivity index (χ1v) is 10.1. The van der Waals surface area contributed by atoms with E-state index in [1.807, 2.05) is 0 Å². The molecule has 0 saturated heterocycles. The van der Waals surface area contributed by atoms with E-state index in [1.54, 1.807) is 6.07 Å². The molecule has 1 aromatic rings. The molecule has 1 amide bonds. The number of carbonyl (C=O) groups is 1. The maximum atomic E-state index is 12.3. The van der Waals surface area contributed by atoms with Crippen molar-refractivity contribution in [3.8, 4) is 5.75 Å². The number of amides is 1. The fraction of sp³-hybridized carbons (Fsp3) is 0.588. The maximum absolute atomic E-state index is 12.3. The maximum Gasteiger partial charge on any atom is 0.240 e. The Morgan fingerprint density at radius 2 is 1.96 bits per heavy atom. The van der Waals surface area contributed by atoms with E-state index < -0.39 is 10.0 Å². The molecule has 0 radical (unpaired) electrons. The van der Waals surface area contributed by atoms with Crippen molar-refractivity contribution >= 4 is 21.6 Å². The molecule has 0 atom stereocenters. The van der Waals surface area contributed by atoms with Crippen LogP contribution in [0.4, 0.5) is 5.69 Å². The third-order valence-electron chi connectivity index (χ3n) is 4.01. The summed E-state index contributed by atoms with van der Waals surface area (Å²) in [6.07, 6.45) is 5.80. The predicted molar refractivity (Wildman–Crippen MR) is 97.1 cm³/mol. The number of nitrogens with one attached hydrogen (secondary N) is 2. The van der Waals surface area contributed by atoms with Crippen molar-refractivity contribution in [3.05, 3.63) is 18.2 Å². The van der Waals surface area contributed by atoms with E-state index in [0.29, 0.717) is 24.4 Å². The van der Waals surface area contributed by atoms with Gasteiger partial charge < -0.3 is 15.8 Å². The van der Waals surface area contributed by atoms with Crippen molar-refractivity contribution < 1.29 is 17.9 Å². The third kappa shape index (κ3) is 6.30. The summed E-state index contributed by atoms with van der Waals surface area (Å²) in [5.74, 6) is 0.276. The molecule has 4 N–H and O–H groups in total. The fourth-order valence-electron chi connectivity index (χ4n) is 2.44. The average molecular weight is 369 g/mol. The lowest BCUT2D eigenvalue weighted by Gasteiger charge is -2.13. The Balaban J connectivity index is 2.00. The summed E-state index contributed by atoms with van der Waals surface area (Å²) in [6.45, 7) is 0.666. The first kappa shape index (κ1) is 19.7. The van der Waals surface area contributed by atoms with Gasteiger partial charge in [-0.05, 0) is 50.4 Å². The molecule has 0 bridgehead atoms. The van der Waals surface area contributed by atoms with E-state index in [1.165, 1.54) is 19.2 Å². The van der Waals surface area contributed by atoms with Gasteiger partial charge in [0.25, 0.3) is 0 Å². The van der Waals surface area contributed by atoms with Crippen LogP contribution in [0.1, 0.15) is 44.9 Å². The largest absolute Gasteiger partial charge is 0.495 e. The van der Waals surface area contributed by atoms with Crippen molar-refractivity contribution in [2.75, 3.05) is 19.0 Å². The minimum absolute atomic E-state index is 0.0265. The second-order valence-electron chi connectivity index (χ2n) is 6.26. The molecule has 0 spiro atoms. The van der Waals surface area contributed by atoms with Gasteiger partial charge in [-0.1, -0.05) is 12.8 Å². The number of methoxy groups -OCH3 is 1. The highest BCUT2D eigenvalue weighted by Gasteiger charge is 2.28. The number of ether oxygens (including phenoxy) is 1. The van der Waals surface area contributed by atoms with Gasteiger partial charge in [0, 0.05) is 12.5 Å². The lowest BCUT2D eigenvalue weighted by Crippen LogP contribution is -2.25. The number of anilines is 1. The van der Waals surface area contributed by atoms with Gasteiger partial charge in [0.2, 0.25) is 15.9 Å². The molecule has 0 heterocycles. The van der Waals surface area contributed by atoms with Gasteiger partial charge in [-0.2, -0.15) is 0 Å². The SMILES string of the molecule is COc1ccc(S(=O)(=O)NC2CC2)cc1NC(=O)CCCCCCN. The van der Waals surface area contributed by atoms with Gasteiger partial charge in [-0.25, -0.2) is 13.1 Å². The molecule has 0 unspecified atom stereocenters. The van der Waals surface area contributed by atoms with Crippen LogP contribution in [0.3, 0.4) is 0 Å². The minimum Gasteiger partial charge on any atom is -0.495 e. The normalized spacial score (nSPS) is 14.3. The van der Waals surface area contributed by atoms with Crippen LogP contribution in [0.2, 0.25) is 0 Å². The Morgan fingerprint density at radius 3 is 2.60 bits per heavy atom. The molecule has 0 aliphatic heterocycles. The molecule has 1 saturated carbocycles. The van der Waals surface area contributed by atoms with E-state index in [-0.39, 0.29) is 16.8 Å². The summed E-state index contributed by atoms with van der Waals surface area (Å²) in [4.78, 5) is 12.2. The molecule has 1 aliphatic carbocycles. The summed E-state index contributed by atoms with van der Waals surface area (Å²) in [5, 5.41) is 2.75. The second-order valence-corrected chi connectivity index (χ2v) is 7.97. The summed E-state index contributed by atoms with van der Waals surface area (Å²) in [6, 6.07) is 4.50.